The van der Waals surface area contributed by atoms with Crippen molar-refractivity contribution in [3.8, 4) is 17.4 Å². The van der Waals surface area contributed by atoms with Crippen LogP contribution in [0.25, 0.3) is 11.5 Å². The molecule has 2 heterocycles. The van der Waals surface area contributed by atoms with E-state index in [0.29, 0.717) is 28.5 Å². The Kier molecular flexibility index (Phi) is 5.09. The summed E-state index contributed by atoms with van der Waals surface area (Å²) in [7, 11) is 1.55. The van der Waals surface area contributed by atoms with Crippen molar-refractivity contribution in [2.45, 2.75) is 20.3 Å². The second kappa shape index (κ2) is 6.62. The molecule has 0 amide bonds. The van der Waals surface area contributed by atoms with E-state index in [1.54, 1.807) is 13.2 Å². The SMILES string of the molecule is COc1cc(-c2nc(Cl)c(I)c(CC(C)C)n2)ncn1. The van der Waals surface area contributed by atoms with Crippen molar-refractivity contribution in [2.24, 2.45) is 5.92 Å². The predicted octanol–water partition coefficient (Wildman–Crippen LogP) is 3.40. The average Bonchev–Trinajstić information content (AvgIpc) is 2.43. The fourth-order valence-electron chi connectivity index (χ4n) is 1.67. The molecule has 0 spiro atoms. The first kappa shape index (κ1) is 15.4. The van der Waals surface area contributed by atoms with Gasteiger partial charge in [-0.2, -0.15) is 0 Å². The summed E-state index contributed by atoms with van der Waals surface area (Å²) in [5.41, 5.74) is 1.54. The largest absolute Gasteiger partial charge is 0.481 e. The zero-order valence-electron chi connectivity index (χ0n) is 11.4. The number of methoxy groups -OCH3 is 1. The Morgan fingerprint density at radius 3 is 2.70 bits per heavy atom. The lowest BCUT2D eigenvalue weighted by Gasteiger charge is -2.10. The number of halogens is 2. The summed E-state index contributed by atoms with van der Waals surface area (Å²) in [6.45, 7) is 4.28. The molecule has 0 bridgehead atoms. The Morgan fingerprint density at radius 2 is 2.05 bits per heavy atom. The molecule has 0 radical (unpaired) electrons. The number of rotatable bonds is 4. The molecule has 0 saturated carbocycles. The molecule has 0 fully saturated rings. The molecule has 2 rings (SSSR count). The molecule has 7 heteroatoms. The lowest BCUT2D eigenvalue weighted by atomic mass is 10.1. The fraction of sp³-hybridized carbons (Fsp3) is 0.385. The van der Waals surface area contributed by atoms with Crippen LogP contribution in [-0.4, -0.2) is 27.0 Å². The molecule has 0 unspecified atom stereocenters. The number of hydrogen-bond donors (Lipinski definition) is 0. The highest BCUT2D eigenvalue weighted by Gasteiger charge is 2.14. The van der Waals surface area contributed by atoms with Crippen LogP contribution >= 0.6 is 34.2 Å². The summed E-state index contributed by atoms with van der Waals surface area (Å²) >= 11 is 8.37. The highest BCUT2D eigenvalue weighted by atomic mass is 127. The summed E-state index contributed by atoms with van der Waals surface area (Å²) in [6.07, 6.45) is 2.27. The van der Waals surface area contributed by atoms with Crippen LogP contribution in [-0.2, 0) is 6.42 Å². The molecular weight excluding hydrogens is 391 g/mol. The third-order valence-corrected chi connectivity index (χ3v) is 4.29. The first-order chi connectivity index (χ1) is 9.51. The van der Waals surface area contributed by atoms with Crippen molar-refractivity contribution in [3.05, 3.63) is 26.8 Å². The molecule has 106 valence electrons. The minimum absolute atomic E-state index is 0.448. The van der Waals surface area contributed by atoms with E-state index in [-0.39, 0.29) is 0 Å². The van der Waals surface area contributed by atoms with Crippen LogP contribution in [0.1, 0.15) is 19.5 Å². The molecule has 0 saturated heterocycles. The van der Waals surface area contributed by atoms with Crippen molar-refractivity contribution in [1.29, 1.82) is 0 Å². The standard InChI is InChI=1S/C13H14ClIN4O/c1-7(2)4-8-11(15)12(14)19-13(18-8)9-5-10(20-3)17-6-16-9/h5-7H,4H2,1-3H3. The van der Waals surface area contributed by atoms with E-state index in [1.165, 1.54) is 6.33 Å². The molecule has 0 N–H and O–H groups in total. The molecule has 20 heavy (non-hydrogen) atoms. The third-order valence-electron chi connectivity index (χ3n) is 2.56. The van der Waals surface area contributed by atoms with Crippen LogP contribution in [0.5, 0.6) is 5.88 Å². The van der Waals surface area contributed by atoms with Crippen molar-refractivity contribution in [1.82, 2.24) is 19.9 Å². The first-order valence-corrected chi connectivity index (χ1v) is 7.55. The normalized spacial score (nSPS) is 10.9. The molecular formula is C13H14ClIN4O. The van der Waals surface area contributed by atoms with Crippen molar-refractivity contribution >= 4 is 34.2 Å². The maximum absolute atomic E-state index is 6.19. The molecule has 0 aliphatic heterocycles. The Bertz CT molecular complexity index is 621. The molecule has 2 aromatic rings. The van der Waals surface area contributed by atoms with Crippen molar-refractivity contribution in [2.75, 3.05) is 7.11 Å². The minimum Gasteiger partial charge on any atom is -0.481 e. The van der Waals surface area contributed by atoms with Gasteiger partial charge >= 0.3 is 0 Å². The van der Waals surface area contributed by atoms with E-state index < -0.39 is 0 Å². The number of aromatic nitrogens is 4. The van der Waals surface area contributed by atoms with Gasteiger partial charge in [0, 0.05) is 6.07 Å². The van der Waals surface area contributed by atoms with Gasteiger partial charge in [0.1, 0.15) is 17.2 Å². The molecule has 0 aliphatic carbocycles. The quantitative estimate of drug-likeness (QED) is 0.577. The van der Waals surface area contributed by atoms with Gasteiger partial charge < -0.3 is 4.74 Å². The van der Waals surface area contributed by atoms with Gasteiger partial charge in [-0.05, 0) is 34.9 Å². The van der Waals surface area contributed by atoms with E-state index >= 15 is 0 Å². The lowest BCUT2D eigenvalue weighted by Crippen LogP contribution is -2.05. The Hall–Kier alpha value is -1.02. The van der Waals surface area contributed by atoms with Crippen molar-refractivity contribution in [3.63, 3.8) is 0 Å². The molecule has 2 aromatic heterocycles. The van der Waals surface area contributed by atoms with E-state index in [4.69, 9.17) is 16.3 Å². The predicted molar refractivity (Wildman–Crippen MR) is 85.9 cm³/mol. The summed E-state index contributed by atoms with van der Waals surface area (Å²) in [4.78, 5) is 17.0. The third kappa shape index (κ3) is 3.54. The monoisotopic (exact) mass is 404 g/mol. The second-order valence-electron chi connectivity index (χ2n) is 4.64. The number of ether oxygens (including phenoxy) is 1. The first-order valence-electron chi connectivity index (χ1n) is 6.09. The summed E-state index contributed by atoms with van der Waals surface area (Å²) in [6, 6.07) is 1.69. The van der Waals surface area contributed by atoms with Gasteiger partial charge in [0.25, 0.3) is 0 Å². The average molecular weight is 405 g/mol. The van der Waals surface area contributed by atoms with E-state index in [1.807, 2.05) is 0 Å². The van der Waals surface area contributed by atoms with Gasteiger partial charge in [0.15, 0.2) is 5.82 Å². The summed E-state index contributed by atoms with van der Waals surface area (Å²) in [5.74, 6) is 1.45. The Labute approximate surface area is 136 Å². The Morgan fingerprint density at radius 1 is 1.30 bits per heavy atom. The lowest BCUT2D eigenvalue weighted by molar-refractivity contribution is 0.397. The number of hydrogen-bond acceptors (Lipinski definition) is 5. The fourth-order valence-corrected chi connectivity index (χ4v) is 2.32. The highest BCUT2D eigenvalue weighted by molar-refractivity contribution is 14.1. The van der Waals surface area contributed by atoms with Crippen LogP contribution in [0.2, 0.25) is 5.15 Å². The molecule has 0 atom stereocenters. The van der Waals surface area contributed by atoms with Crippen LogP contribution < -0.4 is 4.74 Å². The summed E-state index contributed by atoms with van der Waals surface area (Å²) in [5, 5.41) is 0.448. The van der Waals surface area contributed by atoms with E-state index in [9.17, 15) is 0 Å². The smallest absolute Gasteiger partial charge is 0.216 e. The van der Waals surface area contributed by atoms with Gasteiger partial charge in [-0.25, -0.2) is 19.9 Å². The topological polar surface area (TPSA) is 60.8 Å². The summed E-state index contributed by atoms with van der Waals surface area (Å²) < 4.78 is 5.98. The maximum atomic E-state index is 6.19. The molecule has 0 aliphatic rings. The van der Waals surface area contributed by atoms with Crippen LogP contribution in [0, 0.1) is 9.49 Å². The van der Waals surface area contributed by atoms with Gasteiger partial charge in [-0.3, -0.25) is 0 Å². The maximum Gasteiger partial charge on any atom is 0.216 e. The van der Waals surface area contributed by atoms with Gasteiger partial charge in [0.2, 0.25) is 5.88 Å². The molecule has 0 aromatic carbocycles. The second-order valence-corrected chi connectivity index (χ2v) is 6.08. The number of nitrogens with zero attached hydrogens (tertiary/aromatic N) is 4. The van der Waals surface area contributed by atoms with E-state index in [2.05, 4.69) is 56.4 Å². The van der Waals surface area contributed by atoms with Gasteiger partial charge in [-0.15, -0.1) is 0 Å². The van der Waals surface area contributed by atoms with Gasteiger partial charge in [0.05, 0.1) is 16.4 Å². The van der Waals surface area contributed by atoms with Crippen molar-refractivity contribution < 1.29 is 4.74 Å². The van der Waals surface area contributed by atoms with Crippen LogP contribution in [0.4, 0.5) is 0 Å². The molecule has 5 nitrogen and oxygen atoms in total. The zero-order valence-corrected chi connectivity index (χ0v) is 14.3. The Balaban J connectivity index is 2.48. The van der Waals surface area contributed by atoms with E-state index in [0.717, 1.165) is 15.7 Å². The zero-order chi connectivity index (χ0) is 14.7. The van der Waals surface area contributed by atoms with Crippen LogP contribution in [0.3, 0.4) is 0 Å². The van der Waals surface area contributed by atoms with Gasteiger partial charge in [-0.1, -0.05) is 25.4 Å². The van der Waals surface area contributed by atoms with Crippen LogP contribution in [0.15, 0.2) is 12.4 Å². The minimum atomic E-state index is 0.448. The highest BCUT2D eigenvalue weighted by Crippen LogP contribution is 2.25.